The molecule has 2 N–H and O–H groups in total. The molecule has 3 atom stereocenters. The van der Waals surface area contributed by atoms with Gasteiger partial charge in [-0.1, -0.05) is 18.2 Å². The molecule has 7 heteroatoms. The fraction of sp³-hybridized carbons (Fsp3) is 0.647. The number of para-hydroxylation sites is 1. The summed E-state index contributed by atoms with van der Waals surface area (Å²) in [7, 11) is -1.47. The second kappa shape index (κ2) is 7.39. The predicted octanol–water partition coefficient (Wildman–Crippen LogP) is 0.580. The van der Waals surface area contributed by atoms with Gasteiger partial charge in [0.1, 0.15) is 5.75 Å². The maximum absolute atomic E-state index is 11.7. The van der Waals surface area contributed by atoms with Gasteiger partial charge < -0.3 is 15.2 Å². The lowest BCUT2D eigenvalue weighted by Crippen LogP contribution is -2.44. The van der Waals surface area contributed by atoms with Crippen molar-refractivity contribution in [1.82, 2.24) is 10.2 Å². The fourth-order valence-corrected chi connectivity index (χ4v) is 5.49. The molecule has 0 bridgehead atoms. The number of nitrogens with one attached hydrogen (secondary N) is 1. The van der Waals surface area contributed by atoms with E-state index in [-0.39, 0.29) is 17.5 Å². The molecule has 0 aromatic heterocycles. The first-order valence-electron chi connectivity index (χ1n) is 8.49. The largest absolute Gasteiger partial charge is 0.496 e. The van der Waals surface area contributed by atoms with E-state index >= 15 is 0 Å². The average Bonchev–Trinajstić information content (AvgIpc) is 3.16. The van der Waals surface area contributed by atoms with Crippen LogP contribution in [0.15, 0.2) is 24.3 Å². The van der Waals surface area contributed by atoms with Gasteiger partial charge in [0.25, 0.3) is 0 Å². The van der Waals surface area contributed by atoms with Crippen molar-refractivity contribution in [2.75, 3.05) is 38.2 Å². The molecule has 0 amide bonds. The minimum atomic E-state index is -3.14. The summed E-state index contributed by atoms with van der Waals surface area (Å²) in [5.74, 6) is 0.705. The number of sulfone groups is 1. The fourth-order valence-electron chi connectivity index (χ4n) is 3.72. The van der Waals surface area contributed by atoms with Crippen LogP contribution in [0.25, 0.3) is 0 Å². The molecule has 0 spiro atoms. The zero-order chi connectivity index (χ0) is 17.2. The molecule has 0 radical (unpaired) electrons. The lowest BCUT2D eigenvalue weighted by Gasteiger charge is -2.30. The van der Waals surface area contributed by atoms with Crippen LogP contribution in [0.5, 0.6) is 5.75 Å². The maximum Gasteiger partial charge on any atom is 0.154 e. The van der Waals surface area contributed by atoms with Crippen molar-refractivity contribution in [2.45, 2.75) is 31.0 Å². The van der Waals surface area contributed by atoms with Gasteiger partial charge in [-0.15, -0.1) is 0 Å². The van der Waals surface area contributed by atoms with E-state index in [1.54, 1.807) is 7.11 Å². The van der Waals surface area contributed by atoms with E-state index in [0.717, 1.165) is 24.4 Å². The van der Waals surface area contributed by atoms with Crippen LogP contribution in [0, 0.1) is 0 Å². The monoisotopic (exact) mass is 354 g/mol. The molecule has 3 unspecified atom stereocenters. The van der Waals surface area contributed by atoms with Crippen LogP contribution in [0.1, 0.15) is 24.4 Å². The first-order valence-corrected chi connectivity index (χ1v) is 10.3. The number of methoxy groups -OCH3 is 1. The highest BCUT2D eigenvalue weighted by atomic mass is 32.2. The zero-order valence-electron chi connectivity index (χ0n) is 14.0. The summed E-state index contributed by atoms with van der Waals surface area (Å²) < 4.78 is 28.9. The first-order chi connectivity index (χ1) is 11.5. The molecular formula is C17H26N2O4S. The smallest absolute Gasteiger partial charge is 0.154 e. The number of hydrogen-bond acceptors (Lipinski definition) is 6. The minimum Gasteiger partial charge on any atom is -0.496 e. The summed E-state index contributed by atoms with van der Waals surface area (Å²) in [6, 6.07) is 7.67. The Labute approximate surface area is 143 Å². The Hall–Kier alpha value is -1.15. The van der Waals surface area contributed by atoms with Crippen LogP contribution >= 0.6 is 0 Å². The molecule has 0 aliphatic carbocycles. The van der Waals surface area contributed by atoms with Crippen molar-refractivity contribution in [3.8, 4) is 5.75 Å². The van der Waals surface area contributed by atoms with Gasteiger partial charge in [-0.25, -0.2) is 8.42 Å². The third kappa shape index (κ3) is 3.91. The number of likely N-dealkylation sites (tertiary alicyclic amines) is 1. The van der Waals surface area contributed by atoms with Crippen LogP contribution in [-0.4, -0.2) is 68.8 Å². The summed E-state index contributed by atoms with van der Waals surface area (Å²) >= 11 is 0. The molecule has 1 aromatic carbocycles. The van der Waals surface area contributed by atoms with Gasteiger partial charge in [0.05, 0.1) is 30.8 Å². The van der Waals surface area contributed by atoms with Crippen LogP contribution in [-0.2, 0) is 9.84 Å². The van der Waals surface area contributed by atoms with Crippen molar-refractivity contribution in [3.63, 3.8) is 0 Å². The topological polar surface area (TPSA) is 78.9 Å². The number of rotatable bonds is 6. The van der Waals surface area contributed by atoms with Crippen LogP contribution in [0.4, 0.5) is 0 Å². The van der Waals surface area contributed by atoms with E-state index in [0.29, 0.717) is 6.54 Å². The summed E-state index contributed by atoms with van der Waals surface area (Å²) in [6.07, 6.45) is 1.52. The summed E-state index contributed by atoms with van der Waals surface area (Å²) in [5, 5.41) is 13.3. The molecule has 2 saturated heterocycles. The Morgan fingerprint density at radius 2 is 2.00 bits per heavy atom. The molecule has 1 aromatic rings. The Bertz CT molecular complexity index is 658. The Morgan fingerprint density at radius 1 is 1.29 bits per heavy atom. The van der Waals surface area contributed by atoms with E-state index in [9.17, 15) is 13.5 Å². The quantitative estimate of drug-likeness (QED) is 0.778. The summed E-state index contributed by atoms with van der Waals surface area (Å²) in [6.45, 7) is 2.64. The molecule has 2 aliphatic heterocycles. The van der Waals surface area contributed by atoms with Crippen molar-refractivity contribution in [3.05, 3.63) is 29.8 Å². The van der Waals surface area contributed by atoms with Gasteiger partial charge in [0.15, 0.2) is 9.84 Å². The van der Waals surface area contributed by atoms with Crippen LogP contribution < -0.4 is 10.1 Å². The normalized spacial score (nSPS) is 28.1. The van der Waals surface area contributed by atoms with Crippen molar-refractivity contribution in [1.29, 1.82) is 0 Å². The Balaban J connectivity index is 1.76. The molecule has 2 aliphatic rings. The third-order valence-electron chi connectivity index (χ3n) is 4.98. The summed E-state index contributed by atoms with van der Waals surface area (Å²) in [5.41, 5.74) is 1.10. The number of hydrogen-bond donors (Lipinski definition) is 2. The van der Waals surface area contributed by atoms with E-state index in [1.807, 2.05) is 18.2 Å². The summed E-state index contributed by atoms with van der Waals surface area (Å²) in [4.78, 5) is 2.40. The van der Waals surface area contributed by atoms with E-state index in [2.05, 4.69) is 16.3 Å². The lowest BCUT2D eigenvalue weighted by atomic mass is 10.0. The van der Waals surface area contributed by atoms with Crippen molar-refractivity contribution in [2.24, 2.45) is 0 Å². The van der Waals surface area contributed by atoms with E-state index in [1.165, 1.54) is 12.8 Å². The standard InChI is InChI=1S/C17H26N2O4S/c1-23-17-7-3-2-6-13(17)15(19-8-4-5-9-19)10-18-14-11-24(21,22)12-16(14)20/h2-3,6-7,14-16,18,20H,4-5,8-12H2,1H3. The molecule has 0 saturated carbocycles. The van der Waals surface area contributed by atoms with Crippen LogP contribution in [0.2, 0.25) is 0 Å². The zero-order valence-corrected chi connectivity index (χ0v) is 14.8. The maximum atomic E-state index is 11.7. The molecule has 3 rings (SSSR count). The van der Waals surface area contributed by atoms with Gasteiger partial charge >= 0.3 is 0 Å². The number of nitrogens with zero attached hydrogens (tertiary/aromatic N) is 1. The number of benzene rings is 1. The second-order valence-corrected chi connectivity index (χ2v) is 8.81. The molecule has 134 valence electrons. The highest BCUT2D eigenvalue weighted by Gasteiger charge is 2.37. The molecule has 6 nitrogen and oxygen atoms in total. The Kier molecular flexibility index (Phi) is 5.44. The first kappa shape index (κ1) is 17.7. The predicted molar refractivity (Wildman–Crippen MR) is 93.0 cm³/mol. The second-order valence-electron chi connectivity index (χ2n) is 6.66. The average molecular weight is 354 g/mol. The molecule has 2 fully saturated rings. The number of ether oxygens (including phenoxy) is 1. The van der Waals surface area contributed by atoms with Crippen LogP contribution in [0.3, 0.4) is 0 Å². The number of aliphatic hydroxyl groups is 1. The highest BCUT2D eigenvalue weighted by molar-refractivity contribution is 7.91. The number of aliphatic hydroxyl groups excluding tert-OH is 1. The SMILES string of the molecule is COc1ccccc1C(CNC1CS(=O)(=O)CC1O)N1CCCC1. The van der Waals surface area contributed by atoms with Crippen molar-refractivity contribution < 1.29 is 18.3 Å². The van der Waals surface area contributed by atoms with Crippen molar-refractivity contribution >= 4 is 9.84 Å². The minimum absolute atomic E-state index is 0.00676. The van der Waals surface area contributed by atoms with Gasteiger partial charge in [-0.05, 0) is 32.0 Å². The van der Waals surface area contributed by atoms with Gasteiger partial charge in [0.2, 0.25) is 0 Å². The third-order valence-corrected chi connectivity index (χ3v) is 6.69. The van der Waals surface area contributed by atoms with Gasteiger partial charge in [-0.2, -0.15) is 0 Å². The molecule has 2 heterocycles. The lowest BCUT2D eigenvalue weighted by molar-refractivity contribution is 0.154. The Morgan fingerprint density at radius 3 is 2.62 bits per heavy atom. The van der Waals surface area contributed by atoms with Gasteiger partial charge in [0, 0.05) is 18.2 Å². The van der Waals surface area contributed by atoms with E-state index < -0.39 is 22.0 Å². The molecular weight excluding hydrogens is 328 g/mol. The van der Waals surface area contributed by atoms with Gasteiger partial charge in [-0.3, -0.25) is 4.90 Å². The highest BCUT2D eigenvalue weighted by Crippen LogP contribution is 2.31. The van der Waals surface area contributed by atoms with E-state index in [4.69, 9.17) is 4.74 Å². The molecule has 24 heavy (non-hydrogen) atoms.